The van der Waals surface area contributed by atoms with Crippen LogP contribution >= 0.6 is 0 Å². The van der Waals surface area contributed by atoms with Crippen LogP contribution in [0.2, 0.25) is 0 Å². The number of methoxy groups -OCH3 is 1. The molecule has 8 heteroatoms. The van der Waals surface area contributed by atoms with E-state index in [0.717, 1.165) is 23.3 Å². The van der Waals surface area contributed by atoms with Gasteiger partial charge in [0, 0.05) is 39.3 Å². The van der Waals surface area contributed by atoms with Crippen molar-refractivity contribution in [2.45, 2.75) is 37.8 Å². The van der Waals surface area contributed by atoms with E-state index in [2.05, 4.69) is 21.3 Å². The molecule has 0 radical (unpaired) electrons. The number of pyridine rings is 1. The molecule has 0 bridgehead atoms. The van der Waals surface area contributed by atoms with E-state index in [1.807, 2.05) is 19.4 Å². The normalized spacial score (nSPS) is 31.9. The highest BCUT2D eigenvalue weighted by Gasteiger charge is 2.41. The maximum atomic E-state index is 11.6. The van der Waals surface area contributed by atoms with E-state index in [1.54, 1.807) is 0 Å². The van der Waals surface area contributed by atoms with Crippen LogP contribution in [0, 0.1) is 11.8 Å². The molecule has 3 fully saturated rings. The number of hydrogen-bond donors (Lipinski definition) is 1. The molecular weight excluding hydrogens is 364 g/mol. The Bertz CT molecular complexity index is 733. The molecule has 150 valence electrons. The first-order valence-corrected chi connectivity index (χ1v) is 11.7. The third kappa shape index (κ3) is 4.22. The van der Waals surface area contributed by atoms with Gasteiger partial charge in [-0.15, -0.1) is 0 Å². The predicted octanol–water partition coefficient (Wildman–Crippen LogP) is 1.78. The van der Waals surface area contributed by atoms with Gasteiger partial charge in [-0.3, -0.25) is 0 Å². The van der Waals surface area contributed by atoms with Crippen molar-refractivity contribution >= 4 is 21.5 Å². The van der Waals surface area contributed by atoms with Crippen LogP contribution in [0.15, 0.2) is 18.3 Å². The Morgan fingerprint density at radius 1 is 1.07 bits per heavy atom. The van der Waals surface area contributed by atoms with Gasteiger partial charge in [0.1, 0.15) is 5.82 Å². The topological polar surface area (TPSA) is 74.8 Å². The lowest BCUT2D eigenvalue weighted by Gasteiger charge is -2.34. The number of nitrogens with one attached hydrogen (secondary N) is 1. The number of anilines is 2. The third-order valence-electron chi connectivity index (χ3n) is 6.46. The summed E-state index contributed by atoms with van der Waals surface area (Å²) in [5.41, 5.74) is 1.07. The van der Waals surface area contributed by atoms with E-state index in [1.165, 1.54) is 36.2 Å². The number of ether oxygens (including phenoxy) is 1. The van der Waals surface area contributed by atoms with E-state index in [4.69, 9.17) is 4.74 Å². The molecule has 1 N–H and O–H groups in total. The van der Waals surface area contributed by atoms with Gasteiger partial charge >= 0.3 is 0 Å². The summed E-state index contributed by atoms with van der Waals surface area (Å²) < 4.78 is 30.3. The van der Waals surface area contributed by atoms with Gasteiger partial charge in [0.05, 0.1) is 24.2 Å². The van der Waals surface area contributed by atoms with Crippen LogP contribution in [0.4, 0.5) is 11.5 Å². The molecule has 1 saturated heterocycles. The molecule has 0 spiro atoms. The standard InChI is InChI=1S/C19H30N4O3S/c1-26-18-11-14-9-17(10-15(14)12-18)21-16-3-4-19(20-13-16)22-5-7-23(8-6-22)27(2,24)25/h3-4,13-15,17-18,21H,5-12H2,1-2H3/t14-,15+,17?,18?. The highest BCUT2D eigenvalue weighted by molar-refractivity contribution is 7.88. The second-order valence-electron chi connectivity index (χ2n) is 8.22. The summed E-state index contributed by atoms with van der Waals surface area (Å²) in [6.45, 7) is 2.40. The van der Waals surface area contributed by atoms with Crippen molar-refractivity contribution in [1.82, 2.24) is 9.29 Å². The quantitative estimate of drug-likeness (QED) is 0.821. The lowest BCUT2D eigenvalue weighted by molar-refractivity contribution is 0.101. The zero-order valence-corrected chi connectivity index (χ0v) is 17.0. The van der Waals surface area contributed by atoms with Gasteiger partial charge in [-0.1, -0.05) is 0 Å². The van der Waals surface area contributed by atoms with Gasteiger partial charge in [0.25, 0.3) is 0 Å². The molecule has 7 nitrogen and oxygen atoms in total. The van der Waals surface area contributed by atoms with Crippen LogP contribution in [0.25, 0.3) is 0 Å². The average Bonchev–Trinajstić information content (AvgIpc) is 3.20. The average molecular weight is 395 g/mol. The number of rotatable bonds is 5. The molecule has 0 amide bonds. The van der Waals surface area contributed by atoms with Gasteiger partial charge in [-0.05, 0) is 49.7 Å². The Labute approximate surface area is 162 Å². The van der Waals surface area contributed by atoms with Crippen molar-refractivity contribution in [2.75, 3.05) is 49.8 Å². The molecule has 2 unspecified atom stereocenters. The van der Waals surface area contributed by atoms with Crippen molar-refractivity contribution in [3.05, 3.63) is 18.3 Å². The molecule has 4 atom stereocenters. The summed E-state index contributed by atoms with van der Waals surface area (Å²) in [5.74, 6) is 2.51. The van der Waals surface area contributed by atoms with Crippen LogP contribution in [0.3, 0.4) is 0 Å². The monoisotopic (exact) mass is 394 g/mol. The molecular formula is C19H30N4O3S. The molecule has 1 aliphatic heterocycles. The minimum absolute atomic E-state index is 0.463. The van der Waals surface area contributed by atoms with Crippen LogP contribution in [-0.2, 0) is 14.8 Å². The van der Waals surface area contributed by atoms with Crippen molar-refractivity contribution < 1.29 is 13.2 Å². The smallest absolute Gasteiger partial charge is 0.211 e. The molecule has 1 aromatic heterocycles. The molecule has 0 aromatic carbocycles. The molecule has 4 rings (SSSR count). The fraction of sp³-hybridized carbons (Fsp3) is 0.737. The zero-order valence-electron chi connectivity index (χ0n) is 16.2. The Morgan fingerprint density at radius 2 is 1.74 bits per heavy atom. The Hall–Kier alpha value is -1.38. The first-order chi connectivity index (χ1) is 12.9. The van der Waals surface area contributed by atoms with Crippen molar-refractivity contribution in [3.8, 4) is 0 Å². The fourth-order valence-electron chi connectivity index (χ4n) is 5.01. The van der Waals surface area contributed by atoms with E-state index in [9.17, 15) is 8.42 Å². The first kappa shape index (κ1) is 19.0. The second-order valence-corrected chi connectivity index (χ2v) is 10.2. The van der Waals surface area contributed by atoms with Crippen LogP contribution in [0.5, 0.6) is 0 Å². The van der Waals surface area contributed by atoms with Gasteiger partial charge in [-0.2, -0.15) is 4.31 Å². The van der Waals surface area contributed by atoms with Crippen molar-refractivity contribution in [1.29, 1.82) is 0 Å². The summed E-state index contributed by atoms with van der Waals surface area (Å²) >= 11 is 0. The molecule has 1 aromatic rings. The predicted molar refractivity (Wildman–Crippen MR) is 107 cm³/mol. The second kappa shape index (κ2) is 7.56. The summed E-state index contributed by atoms with van der Waals surface area (Å²) in [6.07, 6.45) is 8.49. The van der Waals surface area contributed by atoms with E-state index in [-0.39, 0.29) is 0 Å². The summed E-state index contributed by atoms with van der Waals surface area (Å²) in [4.78, 5) is 6.75. The number of piperazine rings is 1. The Kier molecular flexibility index (Phi) is 5.31. The highest BCUT2D eigenvalue weighted by Crippen LogP contribution is 2.45. The largest absolute Gasteiger partial charge is 0.381 e. The minimum Gasteiger partial charge on any atom is -0.381 e. The lowest BCUT2D eigenvalue weighted by Crippen LogP contribution is -2.48. The number of fused-ring (bicyclic) bond motifs is 1. The van der Waals surface area contributed by atoms with Crippen molar-refractivity contribution in [2.24, 2.45) is 11.8 Å². The van der Waals surface area contributed by atoms with Crippen LogP contribution in [0.1, 0.15) is 25.7 Å². The SMILES string of the molecule is COC1C[C@H]2CC(Nc3ccc(N4CCN(S(C)(=O)=O)CC4)nc3)C[C@H]2C1. The van der Waals surface area contributed by atoms with E-state index >= 15 is 0 Å². The van der Waals surface area contributed by atoms with Crippen LogP contribution < -0.4 is 10.2 Å². The van der Waals surface area contributed by atoms with E-state index in [0.29, 0.717) is 38.3 Å². The van der Waals surface area contributed by atoms with Gasteiger partial charge in [0.2, 0.25) is 10.0 Å². The van der Waals surface area contributed by atoms with Crippen molar-refractivity contribution in [3.63, 3.8) is 0 Å². The maximum Gasteiger partial charge on any atom is 0.211 e. The maximum absolute atomic E-state index is 11.6. The number of hydrogen-bond acceptors (Lipinski definition) is 6. The summed E-state index contributed by atoms with van der Waals surface area (Å²) in [6, 6.07) is 4.66. The van der Waals surface area contributed by atoms with Gasteiger partial charge in [0.15, 0.2) is 0 Å². The fourth-order valence-corrected chi connectivity index (χ4v) is 5.84. The molecule has 2 heterocycles. The highest BCUT2D eigenvalue weighted by atomic mass is 32.2. The Morgan fingerprint density at radius 3 is 2.26 bits per heavy atom. The Balaban J connectivity index is 1.29. The van der Waals surface area contributed by atoms with E-state index < -0.39 is 10.0 Å². The molecule has 2 aliphatic carbocycles. The van der Waals surface area contributed by atoms with Gasteiger partial charge < -0.3 is 15.0 Å². The molecule has 2 saturated carbocycles. The number of aromatic nitrogens is 1. The summed E-state index contributed by atoms with van der Waals surface area (Å²) in [5, 5.41) is 3.65. The zero-order chi connectivity index (χ0) is 19.0. The number of nitrogens with zero attached hydrogens (tertiary/aromatic N) is 3. The van der Waals surface area contributed by atoms with Crippen LogP contribution in [-0.4, -0.2) is 69.4 Å². The first-order valence-electron chi connectivity index (χ1n) is 9.88. The minimum atomic E-state index is -3.10. The lowest BCUT2D eigenvalue weighted by atomic mass is 10.0. The number of sulfonamides is 1. The van der Waals surface area contributed by atoms with Gasteiger partial charge in [-0.25, -0.2) is 13.4 Å². The molecule has 3 aliphatic rings. The summed E-state index contributed by atoms with van der Waals surface area (Å²) in [7, 11) is -1.27. The molecule has 27 heavy (non-hydrogen) atoms. The third-order valence-corrected chi connectivity index (χ3v) is 7.76.